The smallest absolute Gasteiger partial charge is 0.254 e. The van der Waals surface area contributed by atoms with Gasteiger partial charge in [-0.1, -0.05) is 36.4 Å². The van der Waals surface area contributed by atoms with E-state index in [1.165, 1.54) is 0 Å². The van der Waals surface area contributed by atoms with Gasteiger partial charge in [-0.2, -0.15) is 0 Å². The quantitative estimate of drug-likeness (QED) is 0.314. The molecule has 0 saturated carbocycles. The molecule has 0 aliphatic carbocycles. The number of methoxy groups -OCH3 is 3. The van der Waals surface area contributed by atoms with Gasteiger partial charge in [-0.3, -0.25) is 9.78 Å². The lowest BCUT2D eigenvalue weighted by Crippen LogP contribution is -2.49. The summed E-state index contributed by atoms with van der Waals surface area (Å²) in [4.78, 5) is 22.6. The van der Waals surface area contributed by atoms with Crippen LogP contribution in [0.15, 0.2) is 91.3 Å². The van der Waals surface area contributed by atoms with Crippen molar-refractivity contribution in [3.8, 4) is 17.2 Å². The Hall–Kier alpha value is -4.52. The highest BCUT2D eigenvalue weighted by atomic mass is 16.5. The van der Waals surface area contributed by atoms with Crippen LogP contribution in [-0.4, -0.2) is 63.3 Å². The number of para-hydroxylation sites is 2. The van der Waals surface area contributed by atoms with Gasteiger partial charge in [0.2, 0.25) is 0 Å². The first-order valence-corrected chi connectivity index (χ1v) is 13.0. The monoisotopic (exact) mass is 523 g/mol. The van der Waals surface area contributed by atoms with Gasteiger partial charge in [0.05, 0.1) is 27.0 Å². The minimum Gasteiger partial charge on any atom is -0.497 e. The lowest BCUT2D eigenvalue weighted by atomic mass is 9.83. The summed E-state index contributed by atoms with van der Waals surface area (Å²) in [5.74, 6) is 2.23. The molecule has 0 radical (unpaired) electrons. The molecule has 5 rings (SSSR count). The summed E-state index contributed by atoms with van der Waals surface area (Å²) in [6.07, 6.45) is 3.51. The number of carbonyl (C=O) groups excluding carboxylic acids is 1. The SMILES string of the molecule is COc1ccc(C(c2ccc(OC)cc2)c2cnccc2C(=O)N2CCN(c3ccccc3OC)CC2)cc1. The van der Waals surface area contributed by atoms with Crippen molar-refractivity contribution in [1.29, 1.82) is 0 Å². The van der Waals surface area contributed by atoms with Gasteiger partial charge in [0.1, 0.15) is 17.2 Å². The molecule has 1 aliphatic heterocycles. The molecule has 0 atom stereocenters. The van der Waals surface area contributed by atoms with Crippen LogP contribution in [-0.2, 0) is 0 Å². The van der Waals surface area contributed by atoms with Crippen molar-refractivity contribution >= 4 is 11.6 Å². The van der Waals surface area contributed by atoms with Gasteiger partial charge in [-0.15, -0.1) is 0 Å². The minimum absolute atomic E-state index is 0.0131. The summed E-state index contributed by atoms with van der Waals surface area (Å²) in [7, 11) is 4.99. The number of anilines is 1. The first-order valence-electron chi connectivity index (χ1n) is 13.0. The Labute approximate surface area is 229 Å². The van der Waals surface area contributed by atoms with Gasteiger partial charge in [-0.25, -0.2) is 0 Å². The fourth-order valence-electron chi connectivity index (χ4n) is 5.19. The summed E-state index contributed by atoms with van der Waals surface area (Å²) in [5, 5.41) is 0. The molecule has 1 aromatic heterocycles. The van der Waals surface area contributed by atoms with E-state index in [4.69, 9.17) is 14.2 Å². The molecule has 0 unspecified atom stereocenters. The van der Waals surface area contributed by atoms with Gasteiger partial charge in [0.15, 0.2) is 0 Å². The number of rotatable bonds is 8. The maximum atomic E-state index is 14.0. The van der Waals surface area contributed by atoms with Crippen molar-refractivity contribution < 1.29 is 19.0 Å². The predicted octanol–water partition coefficient (Wildman–Crippen LogP) is 5.25. The van der Waals surface area contributed by atoms with E-state index in [1.54, 1.807) is 27.5 Å². The van der Waals surface area contributed by atoms with E-state index in [-0.39, 0.29) is 11.8 Å². The van der Waals surface area contributed by atoms with Crippen LogP contribution in [0.25, 0.3) is 0 Å². The molecule has 1 aliphatic rings. The highest BCUT2D eigenvalue weighted by Crippen LogP contribution is 2.36. The number of benzene rings is 3. The zero-order valence-corrected chi connectivity index (χ0v) is 22.5. The third-order valence-corrected chi connectivity index (χ3v) is 7.28. The van der Waals surface area contributed by atoms with Gasteiger partial charge in [-0.05, 0) is 59.2 Å². The average molecular weight is 524 g/mol. The van der Waals surface area contributed by atoms with Crippen molar-refractivity contribution in [2.75, 3.05) is 52.4 Å². The summed E-state index contributed by atoms with van der Waals surface area (Å²) < 4.78 is 16.3. The lowest BCUT2D eigenvalue weighted by molar-refractivity contribution is 0.0745. The highest BCUT2D eigenvalue weighted by molar-refractivity contribution is 5.96. The Morgan fingerprint density at radius 2 is 1.33 bits per heavy atom. The molecule has 3 aromatic carbocycles. The zero-order valence-electron chi connectivity index (χ0n) is 22.5. The zero-order chi connectivity index (χ0) is 27.2. The molecule has 200 valence electrons. The van der Waals surface area contributed by atoms with Gasteiger partial charge in [0.25, 0.3) is 5.91 Å². The van der Waals surface area contributed by atoms with E-state index >= 15 is 0 Å². The fourth-order valence-corrected chi connectivity index (χ4v) is 5.19. The Balaban J connectivity index is 1.45. The van der Waals surface area contributed by atoms with Gasteiger partial charge >= 0.3 is 0 Å². The Morgan fingerprint density at radius 1 is 0.744 bits per heavy atom. The maximum Gasteiger partial charge on any atom is 0.254 e. The number of piperazine rings is 1. The number of ether oxygens (including phenoxy) is 3. The number of aromatic nitrogens is 1. The van der Waals surface area contributed by atoms with Gasteiger partial charge < -0.3 is 24.0 Å². The molecule has 1 saturated heterocycles. The third kappa shape index (κ3) is 5.53. The molecule has 0 bridgehead atoms. The van der Waals surface area contributed by atoms with Crippen LogP contribution in [0, 0.1) is 0 Å². The molecule has 7 nitrogen and oxygen atoms in total. The average Bonchev–Trinajstić information content (AvgIpc) is 3.02. The third-order valence-electron chi connectivity index (χ3n) is 7.28. The van der Waals surface area contributed by atoms with Crippen molar-refractivity contribution in [3.05, 3.63) is 114 Å². The molecule has 7 heteroatoms. The molecular weight excluding hydrogens is 490 g/mol. The van der Waals surface area contributed by atoms with Crippen LogP contribution in [0.5, 0.6) is 17.2 Å². The second-order valence-electron chi connectivity index (χ2n) is 9.39. The molecule has 4 aromatic rings. The molecule has 0 spiro atoms. The number of pyridine rings is 1. The van der Waals surface area contributed by atoms with Crippen LogP contribution in [0.2, 0.25) is 0 Å². The van der Waals surface area contributed by atoms with E-state index in [1.807, 2.05) is 83.9 Å². The highest BCUT2D eigenvalue weighted by Gasteiger charge is 2.28. The minimum atomic E-state index is -0.190. The summed E-state index contributed by atoms with van der Waals surface area (Å²) in [5.41, 5.74) is 4.67. The number of hydrogen-bond donors (Lipinski definition) is 0. The largest absolute Gasteiger partial charge is 0.497 e. The number of hydrogen-bond acceptors (Lipinski definition) is 6. The van der Waals surface area contributed by atoms with Gasteiger partial charge in [0, 0.05) is 50.1 Å². The second kappa shape index (κ2) is 11.9. The van der Waals surface area contributed by atoms with Crippen molar-refractivity contribution in [3.63, 3.8) is 0 Å². The Bertz CT molecular complexity index is 1350. The molecule has 0 N–H and O–H groups in total. The lowest BCUT2D eigenvalue weighted by Gasteiger charge is -2.37. The molecule has 2 heterocycles. The molecule has 1 fully saturated rings. The summed E-state index contributed by atoms with van der Waals surface area (Å²) in [6.45, 7) is 2.70. The Morgan fingerprint density at radius 3 is 1.90 bits per heavy atom. The van der Waals surface area contributed by atoms with E-state index in [9.17, 15) is 4.79 Å². The molecular formula is C32H33N3O4. The Kier molecular flexibility index (Phi) is 7.96. The van der Waals surface area contributed by atoms with Crippen molar-refractivity contribution in [2.45, 2.75) is 5.92 Å². The van der Waals surface area contributed by atoms with Crippen LogP contribution in [0.1, 0.15) is 33.0 Å². The summed E-state index contributed by atoms with van der Waals surface area (Å²) in [6, 6.07) is 25.8. The standard InChI is InChI=1S/C32H33N3O4/c1-37-25-12-8-23(9-13-25)31(24-10-14-26(38-2)15-11-24)28-22-33-17-16-27(28)32(36)35-20-18-34(19-21-35)29-6-4-5-7-30(29)39-3/h4-17,22,31H,18-21H2,1-3H3. The molecule has 1 amide bonds. The summed E-state index contributed by atoms with van der Waals surface area (Å²) >= 11 is 0. The van der Waals surface area contributed by atoms with Crippen molar-refractivity contribution in [2.24, 2.45) is 0 Å². The van der Waals surface area contributed by atoms with E-state index in [2.05, 4.69) is 16.0 Å². The van der Waals surface area contributed by atoms with Crippen LogP contribution in [0.3, 0.4) is 0 Å². The van der Waals surface area contributed by atoms with E-state index in [0.717, 1.165) is 52.7 Å². The number of amides is 1. The topological polar surface area (TPSA) is 64.1 Å². The van der Waals surface area contributed by atoms with E-state index < -0.39 is 0 Å². The van der Waals surface area contributed by atoms with Crippen molar-refractivity contribution in [1.82, 2.24) is 9.88 Å². The number of carbonyl (C=O) groups is 1. The maximum absolute atomic E-state index is 14.0. The number of nitrogens with zero attached hydrogens (tertiary/aromatic N) is 3. The van der Waals surface area contributed by atoms with E-state index in [0.29, 0.717) is 18.7 Å². The predicted molar refractivity (Wildman–Crippen MR) is 152 cm³/mol. The van der Waals surface area contributed by atoms with Crippen LogP contribution >= 0.6 is 0 Å². The first kappa shape index (κ1) is 26.1. The molecule has 39 heavy (non-hydrogen) atoms. The fraction of sp³-hybridized carbons (Fsp3) is 0.250. The van der Waals surface area contributed by atoms with Crippen LogP contribution in [0.4, 0.5) is 5.69 Å². The van der Waals surface area contributed by atoms with Crippen LogP contribution < -0.4 is 19.1 Å². The second-order valence-corrected chi connectivity index (χ2v) is 9.39. The first-order chi connectivity index (χ1) is 19.1. The normalized spacial score (nSPS) is 13.3.